The molecule has 0 bridgehead atoms. The number of hydrogen-bond donors (Lipinski definition) is 1. The average molecular weight is 191 g/mol. The van der Waals surface area contributed by atoms with E-state index in [-0.39, 0.29) is 0 Å². The van der Waals surface area contributed by atoms with Crippen LogP contribution in [0.4, 0.5) is 4.39 Å². The Bertz CT molecular complexity index is 132. The van der Waals surface area contributed by atoms with Gasteiger partial charge in [-0.25, -0.2) is 4.39 Å². The van der Waals surface area contributed by atoms with Crippen molar-refractivity contribution in [1.29, 1.82) is 0 Å². The highest BCUT2D eigenvalue weighted by Gasteiger charge is 2.28. The predicted octanol–water partition coefficient (Wildman–Crippen LogP) is 2.08. The summed E-state index contributed by atoms with van der Waals surface area (Å²) in [6.45, 7) is 2.18. The van der Waals surface area contributed by atoms with Gasteiger partial charge < -0.3 is 5.32 Å². The molecule has 0 aromatic carbocycles. The first-order valence-electron chi connectivity index (χ1n) is 4.55. The van der Waals surface area contributed by atoms with Crippen molar-refractivity contribution in [3.8, 4) is 0 Å². The molecule has 0 radical (unpaired) electrons. The van der Waals surface area contributed by atoms with Crippen molar-refractivity contribution < 1.29 is 4.39 Å². The molecule has 2 atom stereocenters. The first kappa shape index (κ1) is 10.3. The monoisotopic (exact) mass is 191 g/mol. The fourth-order valence-corrected chi connectivity index (χ4v) is 3.07. The first-order valence-corrected chi connectivity index (χ1v) is 5.71. The molecule has 0 spiro atoms. The molecule has 3 heteroatoms. The summed E-state index contributed by atoms with van der Waals surface area (Å²) in [5.41, 5.74) is -1.01. The normalized spacial score (nSPS) is 28.8. The van der Waals surface area contributed by atoms with Gasteiger partial charge in [-0.3, -0.25) is 0 Å². The molecule has 0 saturated carbocycles. The molecule has 0 aliphatic carbocycles. The summed E-state index contributed by atoms with van der Waals surface area (Å²) in [5.74, 6) is 2.99. The summed E-state index contributed by atoms with van der Waals surface area (Å²) < 4.78 is 13.7. The molecule has 72 valence electrons. The highest BCUT2D eigenvalue weighted by molar-refractivity contribution is 7.99. The van der Waals surface area contributed by atoms with E-state index in [1.54, 1.807) is 14.0 Å². The highest BCUT2D eigenvalue weighted by Crippen LogP contribution is 2.31. The van der Waals surface area contributed by atoms with E-state index >= 15 is 0 Å². The third-order valence-corrected chi connectivity index (χ3v) is 3.52. The van der Waals surface area contributed by atoms with E-state index in [4.69, 9.17) is 0 Å². The number of hydrogen-bond acceptors (Lipinski definition) is 2. The number of alkyl halides is 1. The summed E-state index contributed by atoms with van der Waals surface area (Å²) in [7, 11) is 1.81. The molecule has 0 aromatic rings. The van der Waals surface area contributed by atoms with Crippen LogP contribution in [-0.4, -0.2) is 30.8 Å². The highest BCUT2D eigenvalue weighted by atomic mass is 32.2. The maximum absolute atomic E-state index is 13.7. The van der Waals surface area contributed by atoms with E-state index in [0.717, 1.165) is 12.2 Å². The smallest absolute Gasteiger partial charge is 0.120 e. The third-order valence-electron chi connectivity index (χ3n) is 2.28. The summed E-state index contributed by atoms with van der Waals surface area (Å²) in [4.78, 5) is 0. The van der Waals surface area contributed by atoms with Crippen molar-refractivity contribution in [2.75, 3.05) is 25.1 Å². The second-order valence-electron chi connectivity index (χ2n) is 3.88. The molecule has 1 aliphatic heterocycles. The lowest BCUT2D eigenvalue weighted by molar-refractivity contribution is 0.151. The number of thioether (sulfide) groups is 1. The molecular weight excluding hydrogens is 173 g/mol. The molecule has 1 N–H and O–H groups in total. The molecule has 0 amide bonds. The topological polar surface area (TPSA) is 12.0 Å². The standard InChI is InChI=1S/C9H18FNS/c1-9(10,7-11-2)5-8-3-4-12-6-8/h8,11H,3-7H2,1-2H3. The Morgan fingerprint density at radius 3 is 2.92 bits per heavy atom. The molecular formula is C9H18FNS. The van der Waals surface area contributed by atoms with Gasteiger partial charge in [0.25, 0.3) is 0 Å². The maximum Gasteiger partial charge on any atom is 0.120 e. The average Bonchev–Trinajstić information content (AvgIpc) is 2.38. The van der Waals surface area contributed by atoms with Crippen LogP contribution in [0.15, 0.2) is 0 Å². The molecule has 1 fully saturated rings. The molecule has 1 heterocycles. The van der Waals surface area contributed by atoms with Crippen molar-refractivity contribution in [1.82, 2.24) is 5.32 Å². The first-order chi connectivity index (χ1) is 5.64. The lowest BCUT2D eigenvalue weighted by Gasteiger charge is -2.22. The molecule has 1 rings (SSSR count). The Kier molecular flexibility index (Phi) is 3.84. The Hall–Kier alpha value is 0.240. The molecule has 2 unspecified atom stereocenters. The number of nitrogens with one attached hydrogen (secondary N) is 1. The fraction of sp³-hybridized carbons (Fsp3) is 1.00. The molecule has 0 aromatic heterocycles. The van der Waals surface area contributed by atoms with Gasteiger partial charge >= 0.3 is 0 Å². The van der Waals surface area contributed by atoms with Gasteiger partial charge in [0.15, 0.2) is 0 Å². The maximum atomic E-state index is 13.7. The van der Waals surface area contributed by atoms with Crippen molar-refractivity contribution in [3.05, 3.63) is 0 Å². The van der Waals surface area contributed by atoms with Crippen LogP contribution in [0.3, 0.4) is 0 Å². The van der Waals surface area contributed by atoms with Crippen molar-refractivity contribution in [2.24, 2.45) is 5.92 Å². The summed E-state index contributed by atoms with van der Waals surface area (Å²) >= 11 is 1.95. The van der Waals surface area contributed by atoms with Gasteiger partial charge in [0.1, 0.15) is 5.67 Å². The molecule has 12 heavy (non-hydrogen) atoms. The zero-order valence-corrected chi connectivity index (χ0v) is 8.72. The van der Waals surface area contributed by atoms with Crippen LogP contribution < -0.4 is 5.32 Å². The van der Waals surface area contributed by atoms with Gasteiger partial charge in [0.2, 0.25) is 0 Å². The zero-order chi connectivity index (χ0) is 9.03. The van der Waals surface area contributed by atoms with Crippen LogP contribution in [0.2, 0.25) is 0 Å². The molecule has 1 nitrogen and oxygen atoms in total. The zero-order valence-electron chi connectivity index (χ0n) is 7.90. The largest absolute Gasteiger partial charge is 0.317 e. The Morgan fingerprint density at radius 1 is 1.67 bits per heavy atom. The van der Waals surface area contributed by atoms with Gasteiger partial charge in [-0.1, -0.05) is 0 Å². The quantitative estimate of drug-likeness (QED) is 0.730. The van der Waals surface area contributed by atoms with Gasteiger partial charge in [-0.15, -0.1) is 0 Å². The van der Waals surface area contributed by atoms with Crippen LogP contribution in [0, 0.1) is 5.92 Å². The Balaban J connectivity index is 2.27. The van der Waals surface area contributed by atoms with Crippen LogP contribution in [-0.2, 0) is 0 Å². The van der Waals surface area contributed by atoms with Crippen molar-refractivity contribution >= 4 is 11.8 Å². The second kappa shape index (κ2) is 4.47. The number of rotatable bonds is 4. The third kappa shape index (κ3) is 3.31. The second-order valence-corrected chi connectivity index (χ2v) is 5.03. The lowest BCUT2D eigenvalue weighted by atomic mass is 9.93. The van der Waals surface area contributed by atoms with E-state index < -0.39 is 5.67 Å². The van der Waals surface area contributed by atoms with E-state index in [0.29, 0.717) is 12.5 Å². The fourth-order valence-electron chi connectivity index (χ4n) is 1.79. The summed E-state index contributed by atoms with van der Waals surface area (Å²) in [6, 6.07) is 0. The van der Waals surface area contributed by atoms with E-state index in [1.807, 2.05) is 11.8 Å². The van der Waals surface area contributed by atoms with Crippen molar-refractivity contribution in [3.63, 3.8) is 0 Å². The van der Waals surface area contributed by atoms with E-state index in [1.165, 1.54) is 12.2 Å². The predicted molar refractivity (Wildman–Crippen MR) is 53.5 cm³/mol. The Morgan fingerprint density at radius 2 is 2.42 bits per heavy atom. The summed E-state index contributed by atoms with van der Waals surface area (Å²) in [5, 5.41) is 2.90. The Labute approximate surface area is 78.5 Å². The van der Waals surface area contributed by atoms with Crippen LogP contribution in [0.25, 0.3) is 0 Å². The molecule has 1 saturated heterocycles. The minimum absolute atomic E-state index is 0.480. The number of halogens is 1. The minimum Gasteiger partial charge on any atom is -0.317 e. The van der Waals surface area contributed by atoms with Crippen LogP contribution in [0.5, 0.6) is 0 Å². The van der Waals surface area contributed by atoms with Gasteiger partial charge in [-0.05, 0) is 44.2 Å². The van der Waals surface area contributed by atoms with Gasteiger partial charge in [0, 0.05) is 6.54 Å². The minimum atomic E-state index is -1.01. The SMILES string of the molecule is CNCC(C)(F)CC1CCSC1. The summed E-state index contributed by atoms with van der Waals surface area (Å²) in [6.07, 6.45) is 1.93. The van der Waals surface area contributed by atoms with E-state index in [2.05, 4.69) is 5.32 Å². The molecule has 1 aliphatic rings. The van der Waals surface area contributed by atoms with Gasteiger partial charge in [-0.2, -0.15) is 11.8 Å². The van der Waals surface area contributed by atoms with Gasteiger partial charge in [0.05, 0.1) is 0 Å². The van der Waals surface area contributed by atoms with Crippen LogP contribution >= 0.6 is 11.8 Å². The van der Waals surface area contributed by atoms with E-state index in [9.17, 15) is 4.39 Å². The van der Waals surface area contributed by atoms with Crippen LogP contribution in [0.1, 0.15) is 19.8 Å². The van der Waals surface area contributed by atoms with Crippen molar-refractivity contribution in [2.45, 2.75) is 25.4 Å². The lowest BCUT2D eigenvalue weighted by Crippen LogP contribution is -2.33.